The Morgan fingerprint density at radius 2 is 1.63 bits per heavy atom. The molecular formula is C24H23NO5. The number of aliphatic hydroxyl groups is 1. The minimum Gasteiger partial charge on any atom is -0.388 e. The lowest BCUT2D eigenvalue weighted by Gasteiger charge is -2.40. The van der Waals surface area contributed by atoms with Crippen LogP contribution in [-0.4, -0.2) is 35.7 Å². The molecule has 0 saturated carbocycles. The highest BCUT2D eigenvalue weighted by Crippen LogP contribution is 2.44. The lowest BCUT2D eigenvalue weighted by atomic mass is 9.73. The first kappa shape index (κ1) is 19.2. The van der Waals surface area contributed by atoms with Gasteiger partial charge in [0.15, 0.2) is 6.29 Å². The number of anilines is 1. The van der Waals surface area contributed by atoms with E-state index >= 15 is 0 Å². The highest BCUT2D eigenvalue weighted by Gasteiger charge is 2.55. The molecule has 1 aliphatic carbocycles. The number of carbonyl (C=O) groups excluding carboxylic acids is 2. The fourth-order valence-corrected chi connectivity index (χ4v) is 4.76. The first-order chi connectivity index (χ1) is 14.6. The summed E-state index contributed by atoms with van der Waals surface area (Å²) in [6.45, 7) is 0.108. The molecule has 0 unspecified atom stereocenters. The first-order valence-corrected chi connectivity index (χ1v) is 10.2. The van der Waals surface area contributed by atoms with Gasteiger partial charge in [-0.05, 0) is 18.6 Å². The quantitative estimate of drug-likeness (QED) is 0.628. The zero-order valence-electron chi connectivity index (χ0n) is 16.3. The molecule has 2 heterocycles. The first-order valence-electron chi connectivity index (χ1n) is 10.2. The number of nitrogens with zero attached hydrogens (tertiary/aromatic N) is 1. The number of aliphatic hydroxyl groups excluding tert-OH is 1. The molecule has 0 radical (unpaired) electrons. The zero-order valence-corrected chi connectivity index (χ0v) is 16.3. The van der Waals surface area contributed by atoms with Crippen LogP contribution in [0.4, 0.5) is 5.69 Å². The van der Waals surface area contributed by atoms with Crippen LogP contribution in [0.3, 0.4) is 0 Å². The minimum atomic E-state index is -0.882. The van der Waals surface area contributed by atoms with Gasteiger partial charge in [-0.25, -0.2) is 0 Å². The maximum Gasteiger partial charge on any atom is 0.238 e. The van der Waals surface area contributed by atoms with Crippen molar-refractivity contribution in [3.05, 3.63) is 78.4 Å². The number of benzene rings is 2. The number of amides is 2. The fourth-order valence-electron chi connectivity index (χ4n) is 4.76. The molecule has 0 bridgehead atoms. The van der Waals surface area contributed by atoms with E-state index in [1.807, 2.05) is 60.7 Å². The second kappa shape index (κ2) is 7.80. The number of imide groups is 1. The molecule has 1 N–H and O–H groups in total. The Morgan fingerprint density at radius 1 is 0.933 bits per heavy atom. The lowest BCUT2D eigenvalue weighted by molar-refractivity contribution is -0.268. The largest absolute Gasteiger partial charge is 0.388 e. The predicted octanol–water partition coefficient (Wildman–Crippen LogP) is 2.84. The van der Waals surface area contributed by atoms with E-state index in [1.165, 1.54) is 4.90 Å². The van der Waals surface area contributed by atoms with Gasteiger partial charge in [0.05, 0.1) is 30.2 Å². The van der Waals surface area contributed by atoms with Gasteiger partial charge in [0.2, 0.25) is 11.8 Å². The minimum absolute atomic E-state index is 0.108. The van der Waals surface area contributed by atoms with Crippen molar-refractivity contribution in [1.82, 2.24) is 0 Å². The summed E-state index contributed by atoms with van der Waals surface area (Å²) in [4.78, 5) is 27.7. The number of hydrogen-bond acceptors (Lipinski definition) is 5. The normalized spacial score (nSPS) is 33.6. The summed E-state index contributed by atoms with van der Waals surface area (Å²) in [5.41, 5.74) is 1.43. The van der Waals surface area contributed by atoms with Crippen molar-refractivity contribution in [3.63, 3.8) is 0 Å². The van der Waals surface area contributed by atoms with Crippen LogP contribution >= 0.6 is 0 Å². The molecule has 2 aromatic rings. The molecule has 0 aromatic heterocycles. The van der Waals surface area contributed by atoms with Crippen LogP contribution < -0.4 is 4.90 Å². The average molecular weight is 405 g/mol. The van der Waals surface area contributed by atoms with Gasteiger partial charge in [0.1, 0.15) is 6.10 Å². The van der Waals surface area contributed by atoms with Crippen molar-refractivity contribution < 1.29 is 24.2 Å². The highest BCUT2D eigenvalue weighted by atomic mass is 16.7. The molecule has 2 amide bonds. The number of allylic oxidation sites excluding steroid dienone is 1. The van der Waals surface area contributed by atoms with Crippen molar-refractivity contribution >= 4 is 17.5 Å². The van der Waals surface area contributed by atoms with E-state index in [0.29, 0.717) is 12.1 Å². The molecule has 30 heavy (non-hydrogen) atoms. The number of ether oxygens (including phenoxy) is 2. The Kier molecular flexibility index (Phi) is 4.98. The van der Waals surface area contributed by atoms with Gasteiger partial charge in [0, 0.05) is 11.5 Å². The monoisotopic (exact) mass is 405 g/mol. The van der Waals surface area contributed by atoms with Crippen LogP contribution in [0.25, 0.3) is 0 Å². The van der Waals surface area contributed by atoms with Gasteiger partial charge in [0.25, 0.3) is 0 Å². The summed E-state index contributed by atoms with van der Waals surface area (Å²) >= 11 is 0. The summed E-state index contributed by atoms with van der Waals surface area (Å²) in [7, 11) is 0. The molecule has 154 valence electrons. The molecule has 2 aliphatic heterocycles. The van der Waals surface area contributed by atoms with Crippen LogP contribution in [0.5, 0.6) is 0 Å². The Balaban J connectivity index is 1.44. The Labute approximate surface area is 174 Å². The van der Waals surface area contributed by atoms with E-state index in [-0.39, 0.29) is 18.4 Å². The van der Waals surface area contributed by atoms with Crippen molar-refractivity contribution in [2.24, 2.45) is 17.8 Å². The molecule has 0 spiro atoms. The van der Waals surface area contributed by atoms with Crippen LogP contribution in [0.1, 0.15) is 18.3 Å². The summed E-state index contributed by atoms with van der Waals surface area (Å²) in [6, 6.07) is 18.5. The molecular weight excluding hydrogens is 382 g/mol. The molecule has 2 saturated heterocycles. The third-order valence-corrected chi connectivity index (χ3v) is 6.18. The van der Waals surface area contributed by atoms with Gasteiger partial charge in [-0.2, -0.15) is 0 Å². The summed E-state index contributed by atoms with van der Waals surface area (Å²) < 4.78 is 11.8. The van der Waals surface area contributed by atoms with Crippen molar-refractivity contribution in [2.45, 2.75) is 24.9 Å². The zero-order chi connectivity index (χ0) is 20.7. The molecule has 3 aliphatic rings. The predicted molar refractivity (Wildman–Crippen MR) is 109 cm³/mol. The van der Waals surface area contributed by atoms with E-state index in [4.69, 9.17) is 9.47 Å². The summed E-state index contributed by atoms with van der Waals surface area (Å²) in [5, 5.41) is 10.6. The third-order valence-electron chi connectivity index (χ3n) is 6.18. The Bertz CT molecular complexity index is 960. The van der Waals surface area contributed by atoms with Crippen LogP contribution in [0, 0.1) is 17.8 Å². The average Bonchev–Trinajstić information content (AvgIpc) is 3.05. The van der Waals surface area contributed by atoms with E-state index in [1.54, 1.807) is 12.1 Å². The topological polar surface area (TPSA) is 76.1 Å². The maximum atomic E-state index is 13.4. The summed E-state index contributed by atoms with van der Waals surface area (Å²) in [6.07, 6.45) is 2.21. The summed E-state index contributed by atoms with van der Waals surface area (Å²) in [5.74, 6) is -1.83. The van der Waals surface area contributed by atoms with Gasteiger partial charge in [-0.3, -0.25) is 14.5 Å². The van der Waals surface area contributed by atoms with Crippen LogP contribution in [0.15, 0.2) is 72.8 Å². The van der Waals surface area contributed by atoms with Crippen LogP contribution in [0.2, 0.25) is 0 Å². The molecule has 5 rings (SSSR count). The third kappa shape index (κ3) is 3.17. The maximum absolute atomic E-state index is 13.4. The van der Waals surface area contributed by atoms with Crippen molar-refractivity contribution in [1.29, 1.82) is 0 Å². The number of hydrogen-bond donors (Lipinski definition) is 1. The smallest absolute Gasteiger partial charge is 0.238 e. The van der Waals surface area contributed by atoms with Gasteiger partial charge >= 0.3 is 0 Å². The second-order valence-electron chi connectivity index (χ2n) is 7.96. The highest BCUT2D eigenvalue weighted by molar-refractivity contribution is 6.22. The molecule has 6 heteroatoms. The lowest BCUT2D eigenvalue weighted by Crippen LogP contribution is -2.49. The van der Waals surface area contributed by atoms with Crippen molar-refractivity contribution in [2.75, 3.05) is 11.5 Å². The number of fused-ring (bicyclic) bond motifs is 1. The van der Waals surface area contributed by atoms with Gasteiger partial charge in [-0.1, -0.05) is 60.7 Å². The van der Waals surface area contributed by atoms with E-state index in [2.05, 4.69) is 0 Å². The van der Waals surface area contributed by atoms with E-state index in [9.17, 15) is 14.7 Å². The van der Waals surface area contributed by atoms with E-state index < -0.39 is 36.3 Å². The fraction of sp³-hybridized carbons (Fsp3) is 0.333. The Hall–Kier alpha value is -2.80. The Morgan fingerprint density at radius 3 is 2.37 bits per heavy atom. The SMILES string of the molecule is O=C1[C@@H]2[C@H]([C@@H]3O[C@H](c4ccccc4)OC[C@H]3O)C=CC[C@@H]2C(=O)N1c1ccccc1. The van der Waals surface area contributed by atoms with Crippen molar-refractivity contribution in [3.8, 4) is 0 Å². The van der Waals surface area contributed by atoms with Gasteiger partial charge < -0.3 is 14.6 Å². The number of carbonyl (C=O) groups is 2. The molecule has 6 atom stereocenters. The second-order valence-corrected chi connectivity index (χ2v) is 7.96. The number of rotatable bonds is 3. The number of para-hydroxylation sites is 1. The van der Waals surface area contributed by atoms with Gasteiger partial charge in [-0.15, -0.1) is 0 Å². The standard InChI is InChI=1S/C24H23NO5/c26-19-14-29-24(15-8-3-1-4-9-15)30-21(19)17-12-7-13-18-20(17)23(28)25(22(18)27)16-10-5-2-6-11-16/h1-12,17-21,24,26H,13-14H2/t17-,18+,19-,20-,21+,24-/m1/s1. The van der Waals surface area contributed by atoms with Crippen LogP contribution in [-0.2, 0) is 19.1 Å². The molecule has 2 fully saturated rings. The molecule has 2 aromatic carbocycles. The molecule has 6 nitrogen and oxygen atoms in total. The van der Waals surface area contributed by atoms with E-state index in [0.717, 1.165) is 5.56 Å².